The van der Waals surface area contributed by atoms with Gasteiger partial charge in [0.15, 0.2) is 0 Å². The van der Waals surface area contributed by atoms with E-state index in [0.717, 1.165) is 10.9 Å². The quantitative estimate of drug-likeness (QED) is 0.886. The number of halogens is 1. The highest BCUT2D eigenvalue weighted by Gasteiger charge is 2.30. The van der Waals surface area contributed by atoms with Gasteiger partial charge in [-0.3, -0.25) is 0 Å². The standard InChI is InChI=1S/C18H22BrN3/c19-17-12-21-22(18(17)14-6-7-14)16-8-4-13(5-9-16)11-15-3-1-2-10-20-15/h4-5,8-9,12,14-15,20H,1-3,6-7,10-11H2. The largest absolute Gasteiger partial charge is 0.314 e. The van der Waals surface area contributed by atoms with Gasteiger partial charge in [-0.1, -0.05) is 18.6 Å². The van der Waals surface area contributed by atoms with Crippen LogP contribution in [0, 0.1) is 0 Å². The topological polar surface area (TPSA) is 29.9 Å². The molecule has 0 radical (unpaired) electrons. The third-order valence-electron chi connectivity index (χ3n) is 4.80. The van der Waals surface area contributed by atoms with E-state index in [1.807, 2.05) is 6.20 Å². The summed E-state index contributed by atoms with van der Waals surface area (Å²) < 4.78 is 3.25. The fourth-order valence-corrected chi connectivity index (χ4v) is 4.01. The number of hydrogen-bond acceptors (Lipinski definition) is 2. The van der Waals surface area contributed by atoms with Crippen molar-refractivity contribution in [3.63, 3.8) is 0 Å². The van der Waals surface area contributed by atoms with Gasteiger partial charge in [-0.25, -0.2) is 4.68 Å². The van der Waals surface area contributed by atoms with Crippen LogP contribution in [0.4, 0.5) is 0 Å². The maximum Gasteiger partial charge on any atom is 0.0649 e. The van der Waals surface area contributed by atoms with Gasteiger partial charge in [0.25, 0.3) is 0 Å². The van der Waals surface area contributed by atoms with Gasteiger partial charge in [0.05, 0.1) is 22.1 Å². The molecule has 1 N–H and O–H groups in total. The number of benzene rings is 1. The van der Waals surface area contributed by atoms with Crippen LogP contribution in [0.25, 0.3) is 5.69 Å². The molecule has 1 saturated carbocycles. The molecule has 2 heterocycles. The van der Waals surface area contributed by atoms with E-state index in [9.17, 15) is 0 Å². The zero-order valence-corrected chi connectivity index (χ0v) is 14.3. The molecule has 116 valence electrons. The minimum Gasteiger partial charge on any atom is -0.314 e. The molecule has 2 aromatic rings. The maximum absolute atomic E-state index is 4.55. The third kappa shape index (κ3) is 2.99. The Bertz CT molecular complexity index is 637. The Balaban J connectivity index is 1.52. The third-order valence-corrected chi connectivity index (χ3v) is 5.41. The molecule has 3 nitrogen and oxygen atoms in total. The van der Waals surface area contributed by atoms with E-state index in [4.69, 9.17) is 0 Å². The fourth-order valence-electron chi connectivity index (χ4n) is 3.42. The van der Waals surface area contributed by atoms with E-state index in [1.54, 1.807) is 0 Å². The monoisotopic (exact) mass is 359 g/mol. The lowest BCUT2D eigenvalue weighted by Crippen LogP contribution is -2.35. The first kappa shape index (κ1) is 14.5. The van der Waals surface area contributed by atoms with Gasteiger partial charge < -0.3 is 5.32 Å². The van der Waals surface area contributed by atoms with Gasteiger partial charge in [-0.2, -0.15) is 5.10 Å². The van der Waals surface area contributed by atoms with Gasteiger partial charge in [-0.05, 0) is 72.3 Å². The van der Waals surface area contributed by atoms with E-state index in [0.29, 0.717) is 12.0 Å². The smallest absolute Gasteiger partial charge is 0.0649 e. The Labute approximate surface area is 140 Å². The number of nitrogens with one attached hydrogen (secondary N) is 1. The van der Waals surface area contributed by atoms with Crippen molar-refractivity contribution in [2.24, 2.45) is 0 Å². The maximum atomic E-state index is 4.55. The lowest BCUT2D eigenvalue weighted by molar-refractivity contribution is 0.399. The van der Waals surface area contributed by atoms with Crippen molar-refractivity contribution >= 4 is 15.9 Å². The van der Waals surface area contributed by atoms with Gasteiger partial charge in [0, 0.05) is 12.0 Å². The Morgan fingerprint density at radius 2 is 1.95 bits per heavy atom. The summed E-state index contributed by atoms with van der Waals surface area (Å²) in [6.45, 7) is 1.18. The summed E-state index contributed by atoms with van der Waals surface area (Å²) in [5.74, 6) is 0.683. The second kappa shape index (κ2) is 6.17. The lowest BCUT2D eigenvalue weighted by atomic mass is 9.98. The fraction of sp³-hybridized carbons (Fsp3) is 0.500. The molecule has 1 aromatic carbocycles. The molecule has 4 heteroatoms. The van der Waals surface area contributed by atoms with Gasteiger partial charge in [0.1, 0.15) is 0 Å². The first-order valence-electron chi connectivity index (χ1n) is 8.37. The lowest BCUT2D eigenvalue weighted by Gasteiger charge is -2.23. The van der Waals surface area contributed by atoms with Crippen molar-refractivity contribution in [1.29, 1.82) is 0 Å². The molecule has 2 fully saturated rings. The number of piperidine rings is 1. The Morgan fingerprint density at radius 1 is 1.14 bits per heavy atom. The van der Waals surface area contributed by atoms with Crippen LogP contribution in [-0.2, 0) is 6.42 Å². The van der Waals surface area contributed by atoms with Gasteiger partial charge in [-0.15, -0.1) is 0 Å². The van der Waals surface area contributed by atoms with Crippen molar-refractivity contribution in [3.8, 4) is 5.69 Å². The van der Waals surface area contributed by atoms with E-state index in [2.05, 4.69) is 55.3 Å². The molecule has 1 aromatic heterocycles. The van der Waals surface area contributed by atoms with Gasteiger partial charge in [0.2, 0.25) is 0 Å². The average Bonchev–Trinajstić information content (AvgIpc) is 3.31. The number of aromatic nitrogens is 2. The van der Waals surface area contributed by atoms with Crippen LogP contribution < -0.4 is 5.32 Å². The van der Waals surface area contributed by atoms with E-state index >= 15 is 0 Å². The predicted molar refractivity (Wildman–Crippen MR) is 92.6 cm³/mol. The van der Waals surface area contributed by atoms with Crippen LogP contribution in [0.2, 0.25) is 0 Å². The normalized spacial score (nSPS) is 22.0. The second-order valence-electron chi connectivity index (χ2n) is 6.58. The molecule has 1 saturated heterocycles. The molecule has 22 heavy (non-hydrogen) atoms. The van der Waals surface area contributed by atoms with Crippen LogP contribution in [-0.4, -0.2) is 22.4 Å². The van der Waals surface area contributed by atoms with Crippen LogP contribution >= 0.6 is 15.9 Å². The van der Waals surface area contributed by atoms with Crippen molar-refractivity contribution in [2.45, 2.75) is 50.5 Å². The molecule has 0 bridgehead atoms. The zero-order valence-electron chi connectivity index (χ0n) is 12.8. The summed E-state index contributed by atoms with van der Waals surface area (Å²) in [7, 11) is 0. The summed E-state index contributed by atoms with van der Waals surface area (Å²) in [4.78, 5) is 0. The highest BCUT2D eigenvalue weighted by molar-refractivity contribution is 9.10. The van der Waals surface area contributed by atoms with Crippen LogP contribution in [0.15, 0.2) is 34.9 Å². The van der Waals surface area contributed by atoms with Crippen LogP contribution in [0.3, 0.4) is 0 Å². The summed E-state index contributed by atoms with van der Waals surface area (Å²) >= 11 is 3.64. The molecule has 1 atom stereocenters. The van der Waals surface area contributed by atoms with Crippen molar-refractivity contribution in [2.75, 3.05) is 6.54 Å². The molecule has 0 spiro atoms. The van der Waals surface area contributed by atoms with Crippen LogP contribution in [0.1, 0.15) is 49.3 Å². The number of nitrogens with zero attached hydrogens (tertiary/aromatic N) is 2. The average molecular weight is 360 g/mol. The minimum absolute atomic E-state index is 0.653. The first-order valence-corrected chi connectivity index (χ1v) is 9.16. The molecule has 1 aliphatic carbocycles. The van der Waals surface area contributed by atoms with Crippen molar-refractivity contribution in [1.82, 2.24) is 15.1 Å². The zero-order chi connectivity index (χ0) is 14.9. The minimum atomic E-state index is 0.653. The number of rotatable bonds is 4. The molecule has 1 aliphatic heterocycles. The van der Waals surface area contributed by atoms with Crippen molar-refractivity contribution < 1.29 is 0 Å². The molecular formula is C18H22BrN3. The molecule has 4 rings (SSSR count). The summed E-state index contributed by atoms with van der Waals surface area (Å²) in [6.07, 6.45) is 9.63. The molecule has 1 unspecified atom stereocenters. The van der Waals surface area contributed by atoms with Crippen molar-refractivity contribution in [3.05, 3.63) is 46.2 Å². The number of hydrogen-bond donors (Lipinski definition) is 1. The predicted octanol–water partition coefficient (Wildman–Crippen LogP) is 4.20. The Morgan fingerprint density at radius 3 is 2.64 bits per heavy atom. The molecule has 0 amide bonds. The summed E-state index contributed by atoms with van der Waals surface area (Å²) in [6, 6.07) is 9.60. The Kier molecular flexibility index (Phi) is 4.05. The van der Waals surface area contributed by atoms with E-state index < -0.39 is 0 Å². The molecular weight excluding hydrogens is 338 g/mol. The van der Waals surface area contributed by atoms with Gasteiger partial charge >= 0.3 is 0 Å². The van der Waals surface area contributed by atoms with E-state index in [1.165, 1.54) is 55.6 Å². The summed E-state index contributed by atoms with van der Waals surface area (Å²) in [5, 5.41) is 8.18. The second-order valence-corrected chi connectivity index (χ2v) is 7.44. The first-order chi connectivity index (χ1) is 10.8. The highest BCUT2D eigenvalue weighted by Crippen LogP contribution is 2.43. The van der Waals surface area contributed by atoms with Crippen LogP contribution in [0.5, 0.6) is 0 Å². The summed E-state index contributed by atoms with van der Waals surface area (Å²) in [5.41, 5.74) is 3.93. The molecule has 2 aliphatic rings. The van der Waals surface area contributed by atoms with E-state index in [-0.39, 0.29) is 0 Å². The Hall–Kier alpha value is -1.13. The highest BCUT2D eigenvalue weighted by atomic mass is 79.9. The SMILES string of the molecule is Brc1cnn(-c2ccc(CC3CCCCN3)cc2)c1C1CC1.